The lowest BCUT2D eigenvalue weighted by atomic mass is 9.87. The highest BCUT2D eigenvalue weighted by atomic mass is 32.2. The van der Waals surface area contributed by atoms with Gasteiger partial charge in [0.25, 0.3) is 11.8 Å². The van der Waals surface area contributed by atoms with E-state index in [1.165, 1.54) is 22.2 Å². The highest BCUT2D eigenvalue weighted by Crippen LogP contribution is 2.32. The average molecular weight is 497 g/mol. The summed E-state index contributed by atoms with van der Waals surface area (Å²) in [7, 11) is 0. The zero-order valence-electron chi connectivity index (χ0n) is 20.9. The van der Waals surface area contributed by atoms with Gasteiger partial charge in [-0.2, -0.15) is 0 Å². The van der Waals surface area contributed by atoms with Gasteiger partial charge in [-0.25, -0.2) is 0 Å². The quantitative estimate of drug-likeness (QED) is 0.245. The molecule has 2 heterocycles. The molecular formula is C29H28N4O2S. The zero-order valence-corrected chi connectivity index (χ0v) is 21.7. The van der Waals surface area contributed by atoms with Crippen molar-refractivity contribution >= 4 is 23.6 Å². The van der Waals surface area contributed by atoms with Crippen molar-refractivity contribution < 1.29 is 9.59 Å². The van der Waals surface area contributed by atoms with Gasteiger partial charge in [0, 0.05) is 17.9 Å². The molecule has 6 nitrogen and oxygen atoms in total. The predicted molar refractivity (Wildman–Crippen MR) is 143 cm³/mol. The first-order valence-corrected chi connectivity index (χ1v) is 12.9. The molecule has 0 radical (unpaired) electrons. The van der Waals surface area contributed by atoms with Gasteiger partial charge in [-0.3, -0.25) is 19.1 Å². The van der Waals surface area contributed by atoms with Crippen LogP contribution in [0.25, 0.3) is 17.1 Å². The van der Waals surface area contributed by atoms with Crippen LogP contribution in [0.4, 0.5) is 0 Å². The van der Waals surface area contributed by atoms with Gasteiger partial charge in [-0.15, -0.1) is 10.2 Å². The fourth-order valence-corrected chi connectivity index (χ4v) is 5.24. The number of nitrogens with zero attached hydrogens (tertiary/aromatic N) is 4. The van der Waals surface area contributed by atoms with Crippen LogP contribution in [-0.4, -0.2) is 43.8 Å². The van der Waals surface area contributed by atoms with Crippen LogP contribution in [0.2, 0.25) is 0 Å². The number of hydrogen-bond acceptors (Lipinski definition) is 5. The number of aromatic nitrogens is 3. The largest absolute Gasteiger partial charge is 0.273 e. The molecule has 5 rings (SSSR count). The third-order valence-corrected chi connectivity index (χ3v) is 7.33. The van der Waals surface area contributed by atoms with E-state index >= 15 is 0 Å². The van der Waals surface area contributed by atoms with E-state index in [-0.39, 0.29) is 17.2 Å². The van der Waals surface area contributed by atoms with Gasteiger partial charge in [-0.1, -0.05) is 87.1 Å². The summed E-state index contributed by atoms with van der Waals surface area (Å²) in [6.45, 7) is 8.95. The molecule has 0 bridgehead atoms. The molecular weight excluding hydrogens is 468 g/mol. The number of thioether (sulfide) groups is 1. The topological polar surface area (TPSA) is 68.1 Å². The molecule has 1 aliphatic heterocycles. The predicted octanol–water partition coefficient (Wildman–Crippen LogP) is 5.93. The van der Waals surface area contributed by atoms with Crippen molar-refractivity contribution in [2.75, 3.05) is 12.3 Å². The Kier molecular flexibility index (Phi) is 6.26. The van der Waals surface area contributed by atoms with Crippen LogP contribution in [0.3, 0.4) is 0 Å². The van der Waals surface area contributed by atoms with E-state index in [1.54, 1.807) is 24.3 Å². The van der Waals surface area contributed by atoms with Gasteiger partial charge in [0.05, 0.1) is 16.8 Å². The van der Waals surface area contributed by atoms with Crippen molar-refractivity contribution in [1.29, 1.82) is 0 Å². The van der Waals surface area contributed by atoms with Gasteiger partial charge in [0.15, 0.2) is 11.0 Å². The lowest BCUT2D eigenvalue weighted by molar-refractivity contribution is 0.0664. The summed E-state index contributed by atoms with van der Waals surface area (Å²) in [6.07, 6.45) is 0. The molecule has 2 amide bonds. The van der Waals surface area contributed by atoms with Crippen LogP contribution < -0.4 is 0 Å². The lowest BCUT2D eigenvalue weighted by Gasteiger charge is -2.19. The maximum absolute atomic E-state index is 12.7. The minimum atomic E-state index is -0.240. The highest BCUT2D eigenvalue weighted by molar-refractivity contribution is 7.99. The minimum absolute atomic E-state index is 0.0628. The van der Waals surface area contributed by atoms with Crippen molar-refractivity contribution in [1.82, 2.24) is 19.7 Å². The minimum Gasteiger partial charge on any atom is -0.273 e. The summed E-state index contributed by atoms with van der Waals surface area (Å²) in [5.41, 5.74) is 5.34. The zero-order chi connectivity index (χ0) is 25.4. The molecule has 1 aromatic heterocycles. The summed E-state index contributed by atoms with van der Waals surface area (Å²) in [5.74, 6) is 0.790. The van der Waals surface area contributed by atoms with E-state index in [0.717, 1.165) is 27.8 Å². The van der Waals surface area contributed by atoms with Gasteiger partial charge in [0.1, 0.15) is 0 Å². The second-order valence-corrected chi connectivity index (χ2v) is 11.0. The van der Waals surface area contributed by atoms with Crippen molar-refractivity contribution in [3.63, 3.8) is 0 Å². The second-order valence-electron chi connectivity index (χ2n) is 9.91. The Morgan fingerprint density at radius 3 is 2.03 bits per heavy atom. The van der Waals surface area contributed by atoms with E-state index < -0.39 is 0 Å². The van der Waals surface area contributed by atoms with Gasteiger partial charge < -0.3 is 0 Å². The van der Waals surface area contributed by atoms with Crippen LogP contribution in [0.5, 0.6) is 0 Å². The van der Waals surface area contributed by atoms with Gasteiger partial charge >= 0.3 is 0 Å². The average Bonchev–Trinajstić information content (AvgIpc) is 3.39. The standard InChI is InChI=1S/C29H28N4O2S/c1-19-9-5-8-12-24(19)33-25(20-13-15-21(16-14-20)29(2,3)4)30-31-28(33)36-18-17-32-26(34)22-10-6-7-11-23(22)27(32)35/h5-16H,17-18H2,1-4H3. The van der Waals surface area contributed by atoms with E-state index in [4.69, 9.17) is 0 Å². The third kappa shape index (κ3) is 4.35. The van der Waals surface area contributed by atoms with Gasteiger partial charge in [-0.05, 0) is 41.7 Å². The second kappa shape index (κ2) is 9.39. The highest BCUT2D eigenvalue weighted by Gasteiger charge is 2.34. The maximum atomic E-state index is 12.7. The Labute approximate surface area is 215 Å². The molecule has 0 saturated carbocycles. The number of carbonyl (C=O) groups is 2. The number of amides is 2. The summed E-state index contributed by atoms with van der Waals surface area (Å²) in [5, 5.41) is 9.78. The number of fused-ring (bicyclic) bond motifs is 1. The molecule has 0 fully saturated rings. The number of benzene rings is 3. The van der Waals surface area contributed by atoms with Crippen molar-refractivity contribution in [3.8, 4) is 17.1 Å². The fourth-order valence-electron chi connectivity index (χ4n) is 4.37. The maximum Gasteiger partial charge on any atom is 0.261 e. The lowest BCUT2D eigenvalue weighted by Crippen LogP contribution is -2.31. The molecule has 0 atom stereocenters. The molecule has 36 heavy (non-hydrogen) atoms. The molecule has 1 aliphatic rings. The summed E-state index contributed by atoms with van der Waals surface area (Å²) in [4.78, 5) is 26.8. The SMILES string of the molecule is Cc1ccccc1-n1c(SCCN2C(=O)c3ccccc3C2=O)nnc1-c1ccc(C(C)(C)C)cc1. The molecule has 182 valence electrons. The monoisotopic (exact) mass is 496 g/mol. The first-order valence-electron chi connectivity index (χ1n) is 12.0. The Hall–Kier alpha value is -3.71. The van der Waals surface area contributed by atoms with E-state index in [1.807, 2.05) is 12.1 Å². The molecule has 7 heteroatoms. The van der Waals surface area contributed by atoms with Gasteiger partial charge in [0.2, 0.25) is 0 Å². The molecule has 3 aromatic carbocycles. The van der Waals surface area contributed by atoms with Crippen LogP contribution >= 0.6 is 11.8 Å². The fraction of sp³-hybridized carbons (Fsp3) is 0.241. The molecule has 0 unspecified atom stereocenters. The van der Waals surface area contributed by atoms with Crippen LogP contribution in [0.1, 0.15) is 52.6 Å². The summed E-state index contributed by atoms with van der Waals surface area (Å²) < 4.78 is 2.06. The third-order valence-electron chi connectivity index (χ3n) is 6.42. The van der Waals surface area contributed by atoms with Crippen molar-refractivity contribution in [2.24, 2.45) is 0 Å². The van der Waals surface area contributed by atoms with Crippen molar-refractivity contribution in [3.05, 3.63) is 95.1 Å². The number of imide groups is 1. The molecule has 0 spiro atoms. The van der Waals surface area contributed by atoms with Crippen molar-refractivity contribution in [2.45, 2.75) is 38.3 Å². The Bertz CT molecular complexity index is 1420. The molecule has 0 N–H and O–H groups in total. The summed E-state index contributed by atoms with van der Waals surface area (Å²) >= 11 is 1.49. The Balaban J connectivity index is 1.43. The normalized spacial score (nSPS) is 13.4. The number of aryl methyl sites for hydroxylation is 1. The molecule has 4 aromatic rings. The molecule has 0 aliphatic carbocycles. The van der Waals surface area contributed by atoms with E-state index in [9.17, 15) is 9.59 Å². The smallest absolute Gasteiger partial charge is 0.261 e. The Morgan fingerprint density at radius 2 is 1.42 bits per heavy atom. The van der Waals surface area contributed by atoms with Crippen LogP contribution in [0, 0.1) is 6.92 Å². The van der Waals surface area contributed by atoms with E-state index in [2.05, 4.69) is 78.9 Å². The number of hydrogen-bond donors (Lipinski definition) is 0. The number of rotatable bonds is 6. The van der Waals surface area contributed by atoms with Crippen LogP contribution in [-0.2, 0) is 5.41 Å². The first-order chi connectivity index (χ1) is 17.3. The molecule has 0 saturated heterocycles. The van der Waals surface area contributed by atoms with Crippen LogP contribution in [0.15, 0.2) is 78.0 Å². The Morgan fingerprint density at radius 1 is 0.806 bits per heavy atom. The number of para-hydroxylation sites is 1. The number of carbonyl (C=O) groups excluding carboxylic acids is 2. The van der Waals surface area contributed by atoms with E-state index in [0.29, 0.717) is 23.4 Å². The summed E-state index contributed by atoms with van der Waals surface area (Å²) in [6, 6.07) is 23.6. The first kappa shape index (κ1) is 24.0.